The lowest BCUT2D eigenvalue weighted by molar-refractivity contribution is -0.141. The Labute approximate surface area is 152 Å². The van der Waals surface area contributed by atoms with Gasteiger partial charge in [0.05, 0.1) is 4.90 Å². The maximum absolute atomic E-state index is 13.0. The number of nitrogens with zero attached hydrogens (tertiary/aromatic N) is 1. The van der Waals surface area contributed by atoms with E-state index in [0.29, 0.717) is 0 Å². The van der Waals surface area contributed by atoms with Crippen LogP contribution in [0.5, 0.6) is 0 Å². The number of hydrogen-bond donors (Lipinski definition) is 1. The highest BCUT2D eigenvalue weighted by Crippen LogP contribution is 2.23. The van der Waals surface area contributed by atoms with Gasteiger partial charge in [0.2, 0.25) is 10.0 Å². The van der Waals surface area contributed by atoms with Gasteiger partial charge in [-0.05, 0) is 34.9 Å². The van der Waals surface area contributed by atoms with Crippen molar-refractivity contribution in [1.29, 1.82) is 0 Å². The fraction of sp³-hybridized carbons (Fsp3) is 0.150. The van der Waals surface area contributed by atoms with Crippen molar-refractivity contribution in [2.24, 2.45) is 0 Å². The number of benzene rings is 3. The van der Waals surface area contributed by atoms with Crippen molar-refractivity contribution in [3.8, 4) is 0 Å². The van der Waals surface area contributed by atoms with Gasteiger partial charge in [-0.25, -0.2) is 8.42 Å². The zero-order valence-electron chi connectivity index (χ0n) is 14.2. The molecule has 6 heteroatoms. The molecule has 5 nitrogen and oxygen atoms in total. The Bertz CT molecular complexity index is 1030. The molecule has 1 N–H and O–H groups in total. The molecule has 0 heterocycles. The van der Waals surface area contributed by atoms with E-state index in [1.807, 2.05) is 30.3 Å². The molecule has 0 aromatic heterocycles. The summed E-state index contributed by atoms with van der Waals surface area (Å²) in [6, 6.07) is 20.0. The third kappa shape index (κ3) is 3.61. The van der Waals surface area contributed by atoms with Crippen LogP contribution >= 0.6 is 0 Å². The lowest BCUT2D eigenvalue weighted by Gasteiger charge is -2.24. The molecule has 1 unspecified atom stereocenters. The molecule has 0 fully saturated rings. The van der Waals surface area contributed by atoms with Crippen LogP contribution in [0.2, 0.25) is 0 Å². The maximum atomic E-state index is 13.0. The largest absolute Gasteiger partial charge is 0.480 e. The normalized spacial score (nSPS) is 13.0. The molecule has 0 aliphatic carbocycles. The minimum atomic E-state index is -3.94. The number of sulfonamides is 1. The summed E-state index contributed by atoms with van der Waals surface area (Å²) in [7, 11) is -2.63. The topological polar surface area (TPSA) is 74.7 Å². The van der Waals surface area contributed by atoms with Crippen molar-refractivity contribution < 1.29 is 18.3 Å². The van der Waals surface area contributed by atoms with Crippen LogP contribution in [-0.4, -0.2) is 36.9 Å². The fourth-order valence-electron chi connectivity index (χ4n) is 2.87. The first-order chi connectivity index (χ1) is 12.4. The van der Waals surface area contributed by atoms with Crippen LogP contribution in [0.1, 0.15) is 5.56 Å². The van der Waals surface area contributed by atoms with Gasteiger partial charge in [0.15, 0.2) is 0 Å². The first-order valence-electron chi connectivity index (χ1n) is 8.13. The van der Waals surface area contributed by atoms with Crippen molar-refractivity contribution in [3.63, 3.8) is 0 Å². The Balaban J connectivity index is 1.95. The third-order valence-corrected chi connectivity index (χ3v) is 6.26. The summed E-state index contributed by atoms with van der Waals surface area (Å²) in [6.45, 7) is 0. The molecular weight excluding hydrogens is 350 g/mol. The van der Waals surface area contributed by atoms with E-state index >= 15 is 0 Å². The van der Waals surface area contributed by atoms with Crippen LogP contribution in [0.3, 0.4) is 0 Å². The van der Waals surface area contributed by atoms with Crippen molar-refractivity contribution >= 4 is 26.8 Å². The predicted octanol–water partition coefficient (Wildman–Crippen LogP) is 3.16. The van der Waals surface area contributed by atoms with Gasteiger partial charge in [-0.15, -0.1) is 0 Å². The summed E-state index contributed by atoms with van der Waals surface area (Å²) in [5.41, 5.74) is 0.764. The number of fused-ring (bicyclic) bond motifs is 1. The molecule has 3 rings (SSSR count). The second-order valence-electron chi connectivity index (χ2n) is 6.07. The molecule has 0 saturated heterocycles. The number of carbonyl (C=O) groups is 1. The zero-order chi connectivity index (χ0) is 18.7. The third-order valence-electron chi connectivity index (χ3n) is 4.39. The van der Waals surface area contributed by atoms with Crippen LogP contribution < -0.4 is 0 Å². The molecule has 1 atom stereocenters. The average molecular weight is 369 g/mol. The van der Waals surface area contributed by atoms with Crippen molar-refractivity contribution in [2.45, 2.75) is 17.4 Å². The van der Waals surface area contributed by atoms with Gasteiger partial charge in [0, 0.05) is 7.05 Å². The van der Waals surface area contributed by atoms with Crippen LogP contribution in [0.25, 0.3) is 10.8 Å². The molecule has 0 bridgehead atoms. The molecule has 3 aromatic rings. The Morgan fingerprint density at radius 1 is 0.962 bits per heavy atom. The minimum Gasteiger partial charge on any atom is -0.480 e. The van der Waals surface area contributed by atoms with Crippen molar-refractivity contribution in [3.05, 3.63) is 78.4 Å². The second kappa shape index (κ2) is 7.27. The van der Waals surface area contributed by atoms with Crippen LogP contribution in [0.15, 0.2) is 77.7 Å². The van der Waals surface area contributed by atoms with E-state index in [0.717, 1.165) is 20.6 Å². The molecule has 0 saturated carbocycles. The minimum absolute atomic E-state index is 0.0815. The van der Waals surface area contributed by atoms with Gasteiger partial charge >= 0.3 is 5.97 Å². The molecule has 134 valence electrons. The van der Waals surface area contributed by atoms with Gasteiger partial charge in [-0.1, -0.05) is 60.7 Å². The quantitative estimate of drug-likeness (QED) is 0.724. The summed E-state index contributed by atoms with van der Waals surface area (Å²) in [6.07, 6.45) is 0.0967. The lowest BCUT2D eigenvalue weighted by atomic mass is 10.1. The number of aliphatic carboxylic acids is 1. The molecule has 26 heavy (non-hydrogen) atoms. The highest BCUT2D eigenvalue weighted by Gasteiger charge is 2.33. The Morgan fingerprint density at radius 3 is 2.23 bits per heavy atom. The first-order valence-corrected chi connectivity index (χ1v) is 9.57. The van der Waals surface area contributed by atoms with Gasteiger partial charge in [0.1, 0.15) is 6.04 Å². The second-order valence-corrected chi connectivity index (χ2v) is 8.07. The molecule has 0 aliphatic heterocycles. The summed E-state index contributed by atoms with van der Waals surface area (Å²) in [5.74, 6) is -1.18. The number of carboxylic acids is 1. The Hall–Kier alpha value is -2.70. The van der Waals surface area contributed by atoms with Crippen molar-refractivity contribution in [1.82, 2.24) is 4.31 Å². The summed E-state index contributed by atoms with van der Waals surface area (Å²) in [4.78, 5) is 11.8. The van der Waals surface area contributed by atoms with E-state index in [9.17, 15) is 18.3 Å². The predicted molar refractivity (Wildman–Crippen MR) is 100 cm³/mol. The van der Waals surface area contributed by atoms with Gasteiger partial charge < -0.3 is 5.11 Å². The average Bonchev–Trinajstić information content (AvgIpc) is 2.65. The van der Waals surface area contributed by atoms with E-state index in [1.165, 1.54) is 13.1 Å². The SMILES string of the molecule is CN(C(Cc1ccccc1)C(=O)O)S(=O)(=O)c1ccc2ccccc2c1. The van der Waals surface area contributed by atoms with Crippen LogP contribution in [-0.2, 0) is 21.2 Å². The molecular formula is C20H19NO4S. The number of rotatable bonds is 6. The monoisotopic (exact) mass is 369 g/mol. The smallest absolute Gasteiger partial charge is 0.322 e. The zero-order valence-corrected chi connectivity index (χ0v) is 15.1. The van der Waals surface area contributed by atoms with E-state index in [4.69, 9.17) is 0 Å². The standard InChI is InChI=1S/C20H19NO4S/c1-21(19(20(22)23)13-15-7-3-2-4-8-15)26(24,25)18-12-11-16-9-5-6-10-17(16)14-18/h2-12,14,19H,13H2,1H3,(H,22,23). The van der Waals surface area contributed by atoms with Gasteiger partial charge in [0.25, 0.3) is 0 Å². The number of hydrogen-bond acceptors (Lipinski definition) is 3. The van der Waals surface area contributed by atoms with Gasteiger partial charge in [-0.3, -0.25) is 4.79 Å². The highest BCUT2D eigenvalue weighted by atomic mass is 32.2. The van der Waals surface area contributed by atoms with Gasteiger partial charge in [-0.2, -0.15) is 4.31 Å². The molecule has 0 aliphatic rings. The number of likely N-dealkylation sites (N-methyl/N-ethyl adjacent to an activating group) is 1. The Kier molecular flexibility index (Phi) is 5.06. The molecule has 3 aromatic carbocycles. The molecule has 0 radical (unpaired) electrons. The number of carboxylic acid groups (broad SMARTS) is 1. The molecule has 0 amide bonds. The maximum Gasteiger partial charge on any atom is 0.322 e. The summed E-state index contributed by atoms with van der Waals surface area (Å²) in [5, 5.41) is 11.3. The lowest BCUT2D eigenvalue weighted by Crippen LogP contribution is -2.43. The van der Waals surface area contributed by atoms with Crippen molar-refractivity contribution in [2.75, 3.05) is 7.05 Å². The Morgan fingerprint density at radius 2 is 1.58 bits per heavy atom. The van der Waals surface area contributed by atoms with Crippen LogP contribution in [0, 0.1) is 0 Å². The van der Waals surface area contributed by atoms with E-state index < -0.39 is 22.0 Å². The van der Waals surface area contributed by atoms with Crippen LogP contribution in [0.4, 0.5) is 0 Å². The highest BCUT2D eigenvalue weighted by molar-refractivity contribution is 7.89. The first kappa shape index (κ1) is 18.1. The summed E-state index contributed by atoms with van der Waals surface area (Å²) < 4.78 is 26.9. The van der Waals surface area contributed by atoms with E-state index in [-0.39, 0.29) is 11.3 Å². The fourth-order valence-corrected chi connectivity index (χ4v) is 4.22. The molecule has 0 spiro atoms. The van der Waals surface area contributed by atoms with E-state index in [1.54, 1.807) is 36.4 Å². The van der Waals surface area contributed by atoms with E-state index in [2.05, 4.69) is 0 Å². The summed E-state index contributed by atoms with van der Waals surface area (Å²) >= 11 is 0.